The summed E-state index contributed by atoms with van der Waals surface area (Å²) in [7, 11) is 0. The standard InChI is InChI=1S/C20H18OS5.C4H8.C2H6/c1-2-5-21-6-3-4-11-7-16-19(23-11)12-8-15-13(9-14(12)24-16)20-17(25-15)10-18(22)26-20;1-3-4-2;1-2/h7-10,22H,2-6H2,1H3;3H,1,4H2,2H3;1-2H3. The molecule has 1 aromatic carbocycles. The van der Waals surface area contributed by atoms with Gasteiger partial charge in [0.15, 0.2) is 0 Å². The van der Waals surface area contributed by atoms with Crippen molar-refractivity contribution in [2.45, 2.75) is 57.6 Å². The van der Waals surface area contributed by atoms with E-state index in [0.29, 0.717) is 0 Å². The molecule has 4 aromatic heterocycles. The number of rotatable bonds is 7. The highest BCUT2D eigenvalue weighted by Crippen LogP contribution is 2.46. The van der Waals surface area contributed by atoms with E-state index in [9.17, 15) is 0 Å². The summed E-state index contributed by atoms with van der Waals surface area (Å²) in [5.74, 6) is 0. The van der Waals surface area contributed by atoms with Crippen LogP contribution in [0, 0.1) is 0 Å². The summed E-state index contributed by atoms with van der Waals surface area (Å²) in [6.45, 7) is 13.5. The van der Waals surface area contributed by atoms with Gasteiger partial charge in [-0.2, -0.15) is 0 Å². The van der Waals surface area contributed by atoms with Gasteiger partial charge in [0.2, 0.25) is 0 Å². The Labute approximate surface area is 213 Å². The Bertz CT molecular complexity index is 1280. The van der Waals surface area contributed by atoms with E-state index < -0.39 is 0 Å². The number of fused-ring (bicyclic) bond motifs is 6. The SMILES string of the molecule is C=CCC.CC.CCCOCCCc1cc2sc3cc4c(cc3c2s1)sc1cc(S)sc14. The fourth-order valence-electron chi connectivity index (χ4n) is 3.35. The second-order valence-electron chi connectivity index (χ2n) is 7.15. The van der Waals surface area contributed by atoms with Crippen molar-refractivity contribution in [3.63, 3.8) is 0 Å². The number of benzene rings is 1. The first-order valence-corrected chi connectivity index (χ1v) is 15.0. The fraction of sp³-hybridized carbons (Fsp3) is 0.385. The summed E-state index contributed by atoms with van der Waals surface area (Å²) in [4.78, 5) is 1.49. The van der Waals surface area contributed by atoms with Gasteiger partial charge in [-0.3, -0.25) is 0 Å². The molecule has 5 rings (SSSR count). The van der Waals surface area contributed by atoms with Crippen LogP contribution in [0.2, 0.25) is 0 Å². The molecule has 0 aliphatic carbocycles. The third-order valence-electron chi connectivity index (χ3n) is 4.79. The minimum Gasteiger partial charge on any atom is -0.381 e. The van der Waals surface area contributed by atoms with Gasteiger partial charge >= 0.3 is 0 Å². The van der Waals surface area contributed by atoms with Gasteiger partial charge in [-0.05, 0) is 49.9 Å². The quantitative estimate of drug-likeness (QED) is 0.127. The second kappa shape index (κ2) is 12.5. The van der Waals surface area contributed by atoms with Crippen molar-refractivity contribution in [3.05, 3.63) is 41.8 Å². The summed E-state index contributed by atoms with van der Waals surface area (Å²) in [6, 6.07) is 9.39. The first-order valence-electron chi connectivity index (χ1n) is 11.3. The maximum Gasteiger partial charge on any atom is 0.0589 e. The molecule has 0 spiro atoms. The van der Waals surface area contributed by atoms with Crippen molar-refractivity contribution in [3.8, 4) is 0 Å². The van der Waals surface area contributed by atoms with Crippen molar-refractivity contribution in [2.24, 2.45) is 0 Å². The van der Waals surface area contributed by atoms with Gasteiger partial charge in [0.25, 0.3) is 0 Å². The van der Waals surface area contributed by atoms with Crippen LogP contribution in [0.1, 0.15) is 51.8 Å². The summed E-state index contributed by atoms with van der Waals surface area (Å²) in [5.41, 5.74) is 0. The number of ether oxygens (including phenoxy) is 1. The molecule has 0 radical (unpaired) electrons. The number of allylic oxidation sites excluding steroid dienone is 1. The molecule has 0 unspecified atom stereocenters. The number of hydrogen-bond acceptors (Lipinski definition) is 6. The molecule has 0 bridgehead atoms. The lowest BCUT2D eigenvalue weighted by molar-refractivity contribution is 0.133. The number of thiol groups is 1. The predicted octanol–water partition coefficient (Wildman–Crippen LogP) is 10.8. The third-order valence-corrected chi connectivity index (χ3v) is 9.85. The zero-order chi connectivity index (χ0) is 23.1. The number of aryl methyl sites for hydroxylation is 1. The van der Waals surface area contributed by atoms with E-state index in [0.717, 1.165) is 43.1 Å². The van der Waals surface area contributed by atoms with Gasteiger partial charge in [-0.25, -0.2) is 0 Å². The molecule has 172 valence electrons. The van der Waals surface area contributed by atoms with E-state index in [2.05, 4.69) is 57.3 Å². The Balaban J connectivity index is 0.000000437. The molecule has 4 heterocycles. The summed E-state index contributed by atoms with van der Waals surface area (Å²) >= 11 is 12.1. The molecule has 32 heavy (non-hydrogen) atoms. The van der Waals surface area contributed by atoms with Gasteiger partial charge in [0, 0.05) is 47.7 Å². The molecule has 0 aliphatic rings. The molecule has 0 amide bonds. The minimum absolute atomic E-state index is 0.875. The molecule has 1 nitrogen and oxygen atoms in total. The highest BCUT2D eigenvalue weighted by molar-refractivity contribution is 7.83. The summed E-state index contributed by atoms with van der Waals surface area (Å²) in [6.07, 6.45) is 6.30. The van der Waals surface area contributed by atoms with Crippen LogP contribution in [0.3, 0.4) is 0 Å². The topological polar surface area (TPSA) is 9.23 Å². The van der Waals surface area contributed by atoms with Crippen LogP contribution in [0.5, 0.6) is 0 Å². The van der Waals surface area contributed by atoms with Crippen molar-refractivity contribution in [1.82, 2.24) is 0 Å². The molecule has 0 saturated heterocycles. The lowest BCUT2D eigenvalue weighted by Gasteiger charge is -2.00. The molecule has 0 saturated carbocycles. The molecule has 0 N–H and O–H groups in total. The van der Waals surface area contributed by atoms with E-state index in [1.807, 2.05) is 53.9 Å². The first kappa shape index (κ1) is 25.7. The largest absolute Gasteiger partial charge is 0.381 e. The Kier molecular flexibility index (Phi) is 10.1. The molecular weight excluding hydrogens is 489 g/mol. The highest BCUT2D eigenvalue weighted by atomic mass is 32.2. The average Bonchev–Trinajstić information content (AvgIpc) is 3.53. The van der Waals surface area contributed by atoms with Crippen LogP contribution >= 0.6 is 58.0 Å². The van der Waals surface area contributed by atoms with E-state index in [1.165, 1.54) is 43.8 Å². The Hall–Kier alpha value is -0.890. The molecule has 6 heteroatoms. The number of thiophene rings is 4. The smallest absolute Gasteiger partial charge is 0.0589 e. The minimum atomic E-state index is 0.875. The monoisotopic (exact) mass is 520 g/mol. The zero-order valence-electron chi connectivity index (χ0n) is 19.3. The Morgan fingerprint density at radius 3 is 2.03 bits per heavy atom. The Morgan fingerprint density at radius 1 is 0.844 bits per heavy atom. The van der Waals surface area contributed by atoms with E-state index >= 15 is 0 Å². The normalized spacial score (nSPS) is 11.0. The van der Waals surface area contributed by atoms with Crippen LogP contribution in [0.4, 0.5) is 0 Å². The summed E-state index contributed by atoms with van der Waals surface area (Å²) < 4.78 is 15.2. The molecular formula is C26H32OS5. The van der Waals surface area contributed by atoms with Crippen LogP contribution in [0.25, 0.3) is 39.0 Å². The zero-order valence-corrected chi connectivity index (χ0v) is 23.5. The third kappa shape index (κ3) is 5.78. The van der Waals surface area contributed by atoms with Crippen LogP contribution in [-0.4, -0.2) is 13.2 Å². The van der Waals surface area contributed by atoms with Crippen molar-refractivity contribution >= 4 is 96.9 Å². The van der Waals surface area contributed by atoms with Gasteiger partial charge in [-0.15, -0.1) is 64.6 Å². The first-order chi connectivity index (χ1) is 15.6. The molecule has 0 atom stereocenters. The van der Waals surface area contributed by atoms with Crippen LogP contribution < -0.4 is 0 Å². The molecule has 0 aliphatic heterocycles. The summed E-state index contributed by atoms with van der Waals surface area (Å²) in [5, 5.41) is 2.82. The van der Waals surface area contributed by atoms with Gasteiger partial charge in [0.05, 0.1) is 13.6 Å². The second-order valence-corrected chi connectivity index (χ2v) is 12.3. The van der Waals surface area contributed by atoms with E-state index in [-0.39, 0.29) is 0 Å². The predicted molar refractivity (Wildman–Crippen MR) is 156 cm³/mol. The van der Waals surface area contributed by atoms with Crippen molar-refractivity contribution in [1.29, 1.82) is 0 Å². The van der Waals surface area contributed by atoms with Crippen LogP contribution in [-0.2, 0) is 11.2 Å². The average molecular weight is 521 g/mol. The maximum atomic E-state index is 5.61. The van der Waals surface area contributed by atoms with Gasteiger partial charge in [0.1, 0.15) is 0 Å². The fourth-order valence-corrected chi connectivity index (χ4v) is 8.72. The van der Waals surface area contributed by atoms with E-state index in [4.69, 9.17) is 4.74 Å². The lowest BCUT2D eigenvalue weighted by Crippen LogP contribution is -1.96. The van der Waals surface area contributed by atoms with E-state index in [1.54, 1.807) is 11.3 Å². The highest BCUT2D eigenvalue weighted by Gasteiger charge is 2.14. The van der Waals surface area contributed by atoms with Crippen molar-refractivity contribution in [2.75, 3.05) is 13.2 Å². The molecule has 5 aromatic rings. The molecule has 0 fully saturated rings. The number of hydrogen-bond donors (Lipinski definition) is 1. The van der Waals surface area contributed by atoms with Crippen LogP contribution in [0.15, 0.2) is 41.1 Å². The van der Waals surface area contributed by atoms with Crippen molar-refractivity contribution < 1.29 is 4.74 Å². The Morgan fingerprint density at radius 2 is 1.44 bits per heavy atom. The van der Waals surface area contributed by atoms with Gasteiger partial charge in [-0.1, -0.05) is 33.8 Å². The maximum absolute atomic E-state index is 5.61. The lowest BCUT2D eigenvalue weighted by atomic mass is 10.2. The van der Waals surface area contributed by atoms with Gasteiger partial charge < -0.3 is 4.74 Å².